The van der Waals surface area contributed by atoms with Crippen LogP contribution in [0.3, 0.4) is 0 Å². The smallest absolute Gasteiger partial charge is 0.405 e. The lowest BCUT2D eigenvalue weighted by Gasteiger charge is -2.18. The van der Waals surface area contributed by atoms with Crippen LogP contribution in [0, 0.1) is 0 Å². The number of hydrogen-bond acceptors (Lipinski definition) is 5. The molecule has 0 spiro atoms. The van der Waals surface area contributed by atoms with Crippen molar-refractivity contribution in [1.82, 2.24) is 25.5 Å². The number of nitrogens with two attached hydrogens (primary N) is 1. The number of nitrogen functional groups attached to an aromatic ring is 1. The number of amides is 1. The van der Waals surface area contributed by atoms with Crippen LogP contribution in [0.2, 0.25) is 0 Å². The Bertz CT molecular complexity index is 1440. The lowest BCUT2D eigenvalue weighted by molar-refractivity contribution is 0.181. The van der Waals surface area contributed by atoms with Crippen molar-refractivity contribution in [3.63, 3.8) is 0 Å². The topological polar surface area (TPSA) is 142 Å². The standard InChI is InChI=1S/C24H22N6O3/c25-23-20-9-14(5-6-22(20)29-30-23)15-8-18(12-26-10-15)33-13-17(28-24(31)32)7-16-11-27-21-4-2-1-3-19(16)21/h1-6,8-12,17,27-28H,7,13H2,(H,31,32)(H3,25,29,30). The zero-order valence-electron chi connectivity index (χ0n) is 17.6. The number of para-hydroxylation sites is 1. The molecule has 5 rings (SSSR count). The summed E-state index contributed by atoms with van der Waals surface area (Å²) in [6.07, 6.45) is 4.64. The number of hydrogen-bond donors (Lipinski definition) is 5. The van der Waals surface area contributed by atoms with Crippen molar-refractivity contribution in [2.45, 2.75) is 12.5 Å². The van der Waals surface area contributed by atoms with Crippen LogP contribution in [-0.4, -0.2) is 44.0 Å². The number of aromatic amines is 2. The molecular formula is C24H22N6O3. The summed E-state index contributed by atoms with van der Waals surface area (Å²) in [7, 11) is 0. The Hall–Kier alpha value is -4.53. The van der Waals surface area contributed by atoms with E-state index in [4.69, 9.17) is 10.5 Å². The number of aromatic nitrogens is 4. The maximum atomic E-state index is 11.4. The summed E-state index contributed by atoms with van der Waals surface area (Å²) in [5.41, 5.74) is 10.6. The fourth-order valence-corrected chi connectivity index (χ4v) is 3.96. The average molecular weight is 442 g/mol. The molecule has 0 aliphatic heterocycles. The van der Waals surface area contributed by atoms with Crippen LogP contribution in [0.15, 0.2) is 67.1 Å². The van der Waals surface area contributed by atoms with Crippen LogP contribution in [0.1, 0.15) is 5.56 Å². The fourth-order valence-electron chi connectivity index (χ4n) is 3.96. The monoisotopic (exact) mass is 442 g/mol. The fraction of sp³-hybridized carbons (Fsp3) is 0.125. The number of anilines is 1. The third kappa shape index (κ3) is 4.29. The highest BCUT2D eigenvalue weighted by Gasteiger charge is 2.16. The minimum Gasteiger partial charge on any atom is -0.490 e. The van der Waals surface area contributed by atoms with E-state index >= 15 is 0 Å². The number of nitrogens with zero attached hydrogens (tertiary/aromatic N) is 2. The SMILES string of the molecule is Nc1n[nH]c2ccc(-c3cncc(OCC(Cc4c[nH]c5ccccc45)NC(=O)O)c3)cc12. The molecule has 0 saturated carbocycles. The number of rotatable bonds is 7. The number of fused-ring (bicyclic) bond motifs is 2. The Morgan fingerprint density at radius 2 is 1.97 bits per heavy atom. The van der Waals surface area contributed by atoms with E-state index in [0.717, 1.165) is 38.5 Å². The van der Waals surface area contributed by atoms with E-state index in [1.165, 1.54) is 0 Å². The van der Waals surface area contributed by atoms with Crippen molar-refractivity contribution in [2.75, 3.05) is 12.3 Å². The molecule has 3 heterocycles. The minimum absolute atomic E-state index is 0.157. The number of carboxylic acid groups (broad SMARTS) is 1. The molecule has 5 aromatic rings. The summed E-state index contributed by atoms with van der Waals surface area (Å²) in [4.78, 5) is 18.9. The van der Waals surface area contributed by atoms with Crippen molar-refractivity contribution in [2.24, 2.45) is 0 Å². The predicted molar refractivity (Wildman–Crippen MR) is 126 cm³/mol. The van der Waals surface area contributed by atoms with Crippen molar-refractivity contribution >= 4 is 33.7 Å². The molecule has 0 radical (unpaired) electrons. The van der Waals surface area contributed by atoms with Gasteiger partial charge < -0.3 is 25.9 Å². The minimum atomic E-state index is -1.10. The van der Waals surface area contributed by atoms with Gasteiger partial charge in [0.05, 0.1) is 17.8 Å². The van der Waals surface area contributed by atoms with Crippen molar-refractivity contribution < 1.29 is 14.6 Å². The normalized spacial score (nSPS) is 12.1. The van der Waals surface area contributed by atoms with Crippen molar-refractivity contribution in [1.29, 1.82) is 0 Å². The Kier molecular flexibility index (Phi) is 5.27. The average Bonchev–Trinajstić information content (AvgIpc) is 3.40. The molecule has 6 N–H and O–H groups in total. The first-order valence-electron chi connectivity index (χ1n) is 10.4. The molecule has 0 fully saturated rings. The Morgan fingerprint density at radius 1 is 1.09 bits per heavy atom. The predicted octanol–water partition coefficient (Wildman–Crippen LogP) is 3.95. The van der Waals surface area contributed by atoms with E-state index in [0.29, 0.717) is 18.0 Å². The second-order valence-electron chi connectivity index (χ2n) is 7.80. The molecule has 2 aromatic carbocycles. The van der Waals surface area contributed by atoms with E-state index in [2.05, 4.69) is 25.5 Å². The van der Waals surface area contributed by atoms with Gasteiger partial charge in [-0.05, 0) is 41.8 Å². The summed E-state index contributed by atoms with van der Waals surface area (Å²) in [5, 5.41) is 20.7. The van der Waals surface area contributed by atoms with Crippen molar-refractivity contribution in [3.8, 4) is 16.9 Å². The maximum Gasteiger partial charge on any atom is 0.405 e. The summed E-state index contributed by atoms with van der Waals surface area (Å²) in [6.45, 7) is 0.157. The molecule has 1 unspecified atom stereocenters. The largest absolute Gasteiger partial charge is 0.490 e. The second-order valence-corrected chi connectivity index (χ2v) is 7.80. The number of pyridine rings is 1. The zero-order valence-corrected chi connectivity index (χ0v) is 17.6. The first-order chi connectivity index (χ1) is 16.1. The number of benzene rings is 2. The zero-order chi connectivity index (χ0) is 22.8. The van der Waals surface area contributed by atoms with E-state index in [1.54, 1.807) is 12.4 Å². The third-order valence-electron chi connectivity index (χ3n) is 5.56. The highest BCUT2D eigenvalue weighted by molar-refractivity contribution is 5.92. The molecule has 0 bridgehead atoms. The van der Waals surface area contributed by atoms with Gasteiger partial charge in [-0.1, -0.05) is 24.3 Å². The molecule has 9 nitrogen and oxygen atoms in total. The molecule has 3 aromatic heterocycles. The van der Waals surface area contributed by atoms with E-state index in [-0.39, 0.29) is 6.61 Å². The van der Waals surface area contributed by atoms with Crippen molar-refractivity contribution in [3.05, 3.63) is 72.7 Å². The van der Waals surface area contributed by atoms with Gasteiger partial charge in [-0.15, -0.1) is 0 Å². The molecule has 9 heteroatoms. The van der Waals surface area contributed by atoms with Gasteiger partial charge >= 0.3 is 6.09 Å². The summed E-state index contributed by atoms with van der Waals surface area (Å²) >= 11 is 0. The molecule has 1 atom stereocenters. The molecule has 166 valence electrons. The summed E-state index contributed by atoms with van der Waals surface area (Å²) < 4.78 is 5.95. The second kappa shape index (κ2) is 8.54. The van der Waals surface area contributed by atoms with Gasteiger partial charge in [-0.2, -0.15) is 5.10 Å². The van der Waals surface area contributed by atoms with E-state index in [9.17, 15) is 9.90 Å². The molecule has 1 amide bonds. The number of H-pyrrole nitrogens is 2. The highest BCUT2D eigenvalue weighted by Crippen LogP contribution is 2.28. The Morgan fingerprint density at radius 3 is 2.85 bits per heavy atom. The van der Waals surface area contributed by atoms with E-state index < -0.39 is 12.1 Å². The van der Waals surface area contributed by atoms with Gasteiger partial charge in [0.15, 0.2) is 5.82 Å². The number of carbonyl (C=O) groups is 1. The summed E-state index contributed by atoms with van der Waals surface area (Å²) in [6, 6.07) is 15.2. The highest BCUT2D eigenvalue weighted by atomic mass is 16.5. The Balaban J connectivity index is 1.33. The van der Waals surface area contributed by atoms with Gasteiger partial charge in [0.1, 0.15) is 12.4 Å². The molecule has 0 aliphatic carbocycles. The third-order valence-corrected chi connectivity index (χ3v) is 5.56. The molecule has 0 aliphatic rings. The van der Waals surface area contributed by atoms with Gasteiger partial charge in [-0.3, -0.25) is 10.1 Å². The Labute approximate surface area is 188 Å². The van der Waals surface area contributed by atoms with Crippen LogP contribution < -0.4 is 15.8 Å². The first-order valence-corrected chi connectivity index (χ1v) is 10.4. The van der Waals surface area contributed by atoms with Crippen LogP contribution in [0.25, 0.3) is 32.9 Å². The lowest BCUT2D eigenvalue weighted by Crippen LogP contribution is -2.39. The maximum absolute atomic E-state index is 11.4. The molecule has 33 heavy (non-hydrogen) atoms. The van der Waals surface area contributed by atoms with Crippen LogP contribution in [0.5, 0.6) is 5.75 Å². The molecular weight excluding hydrogens is 420 g/mol. The summed E-state index contributed by atoms with van der Waals surface area (Å²) in [5.74, 6) is 0.982. The van der Waals surface area contributed by atoms with Crippen LogP contribution in [0.4, 0.5) is 10.6 Å². The van der Waals surface area contributed by atoms with Crippen LogP contribution in [-0.2, 0) is 6.42 Å². The van der Waals surface area contributed by atoms with Gasteiger partial charge in [0, 0.05) is 34.2 Å². The van der Waals surface area contributed by atoms with Gasteiger partial charge in [-0.25, -0.2) is 4.79 Å². The van der Waals surface area contributed by atoms with Gasteiger partial charge in [0.25, 0.3) is 0 Å². The first kappa shape index (κ1) is 20.4. The van der Waals surface area contributed by atoms with Gasteiger partial charge in [0.2, 0.25) is 0 Å². The van der Waals surface area contributed by atoms with E-state index in [1.807, 2.05) is 54.7 Å². The molecule has 0 saturated heterocycles. The number of ether oxygens (including phenoxy) is 1. The number of nitrogens with one attached hydrogen (secondary N) is 3. The lowest BCUT2D eigenvalue weighted by atomic mass is 10.1. The van der Waals surface area contributed by atoms with Crippen LogP contribution >= 0.6 is 0 Å². The quantitative estimate of drug-likeness (QED) is 0.258.